The zero-order valence-electron chi connectivity index (χ0n) is 16.5. The van der Waals surface area contributed by atoms with Gasteiger partial charge in [0.1, 0.15) is 6.04 Å². The van der Waals surface area contributed by atoms with Crippen LogP contribution in [-0.2, 0) is 5.41 Å². The zero-order valence-corrected chi connectivity index (χ0v) is 17.3. The van der Waals surface area contributed by atoms with Crippen molar-refractivity contribution < 1.29 is 0 Å². The molecule has 0 saturated carbocycles. The number of hydrogen-bond donors (Lipinski definition) is 0. The summed E-state index contributed by atoms with van der Waals surface area (Å²) >= 11 is 1.69. The highest BCUT2D eigenvalue weighted by Crippen LogP contribution is 2.40. The molecule has 0 bridgehead atoms. The Morgan fingerprint density at radius 3 is 2.19 bits per heavy atom. The molecular weight excluding hydrogens is 340 g/mol. The molecular formula is C22H30N2OS. The van der Waals surface area contributed by atoms with E-state index in [0.717, 1.165) is 18.7 Å². The van der Waals surface area contributed by atoms with Gasteiger partial charge in [-0.05, 0) is 48.6 Å². The third-order valence-electron chi connectivity index (χ3n) is 4.57. The van der Waals surface area contributed by atoms with Crippen molar-refractivity contribution in [2.75, 3.05) is 23.7 Å². The summed E-state index contributed by atoms with van der Waals surface area (Å²) < 4.78 is 0. The van der Waals surface area contributed by atoms with Crippen molar-refractivity contribution in [3.8, 4) is 0 Å². The second-order valence-electron chi connectivity index (χ2n) is 7.41. The predicted octanol–water partition coefficient (Wildman–Crippen LogP) is 6.43. The molecule has 0 aromatic heterocycles. The van der Waals surface area contributed by atoms with Crippen molar-refractivity contribution >= 4 is 17.4 Å². The van der Waals surface area contributed by atoms with Crippen LogP contribution in [0.4, 0.5) is 5.69 Å². The van der Waals surface area contributed by atoms with Crippen LogP contribution in [0.15, 0.2) is 58.6 Å². The molecule has 4 heteroatoms. The highest BCUT2D eigenvalue weighted by molar-refractivity contribution is 7.99. The Balaban J connectivity index is 2.42. The summed E-state index contributed by atoms with van der Waals surface area (Å²) in [5.74, 6) is 0.651. The first-order valence-electron chi connectivity index (χ1n) is 9.31. The van der Waals surface area contributed by atoms with E-state index in [1.54, 1.807) is 11.8 Å². The Kier molecular flexibility index (Phi) is 7.27. The van der Waals surface area contributed by atoms with Gasteiger partial charge >= 0.3 is 0 Å². The number of benzene rings is 2. The Morgan fingerprint density at radius 1 is 1.00 bits per heavy atom. The molecule has 0 aliphatic rings. The van der Waals surface area contributed by atoms with Crippen LogP contribution in [0, 0.1) is 4.91 Å². The van der Waals surface area contributed by atoms with E-state index in [-0.39, 0.29) is 11.5 Å². The molecule has 3 nitrogen and oxygen atoms in total. The quantitative estimate of drug-likeness (QED) is 0.396. The van der Waals surface area contributed by atoms with Gasteiger partial charge in [0.25, 0.3) is 0 Å². The highest BCUT2D eigenvalue weighted by atomic mass is 32.2. The maximum absolute atomic E-state index is 11.7. The fourth-order valence-electron chi connectivity index (χ4n) is 3.35. The summed E-state index contributed by atoms with van der Waals surface area (Å²) in [6.07, 6.45) is 0. The maximum Gasteiger partial charge on any atom is 0.127 e. The van der Waals surface area contributed by atoms with Crippen LogP contribution in [-0.4, -0.2) is 18.8 Å². The molecule has 0 N–H and O–H groups in total. The Labute approximate surface area is 162 Å². The standard InChI is InChI=1S/C22H30N2OS/c1-6-24(7-2)20-15-11-14-18(21(20)22(3,4)5)19(23-25)16-26-17-12-9-8-10-13-17/h8-15,19H,6-7,16H2,1-5H3. The van der Waals surface area contributed by atoms with E-state index in [0.29, 0.717) is 5.75 Å². The van der Waals surface area contributed by atoms with Gasteiger partial charge in [0.05, 0.1) is 0 Å². The molecule has 1 unspecified atom stereocenters. The van der Waals surface area contributed by atoms with E-state index in [1.807, 2.05) is 18.2 Å². The van der Waals surface area contributed by atoms with E-state index in [9.17, 15) is 4.91 Å². The Bertz CT molecular complexity index is 706. The molecule has 0 heterocycles. The third-order valence-corrected chi connectivity index (χ3v) is 5.65. The monoisotopic (exact) mass is 370 g/mol. The van der Waals surface area contributed by atoms with Crippen molar-refractivity contribution in [2.45, 2.75) is 51.0 Å². The smallest absolute Gasteiger partial charge is 0.127 e. The van der Waals surface area contributed by atoms with Gasteiger partial charge in [-0.25, -0.2) is 0 Å². The minimum Gasteiger partial charge on any atom is -0.372 e. The van der Waals surface area contributed by atoms with Gasteiger partial charge in [0.2, 0.25) is 0 Å². The number of thioether (sulfide) groups is 1. The second-order valence-corrected chi connectivity index (χ2v) is 8.50. The summed E-state index contributed by atoms with van der Waals surface area (Å²) in [6.45, 7) is 12.9. The van der Waals surface area contributed by atoms with Crippen molar-refractivity contribution in [1.82, 2.24) is 0 Å². The number of nitrogens with zero attached hydrogens (tertiary/aromatic N) is 2. The van der Waals surface area contributed by atoms with Crippen LogP contribution in [0.25, 0.3) is 0 Å². The van der Waals surface area contributed by atoms with E-state index in [4.69, 9.17) is 0 Å². The molecule has 0 spiro atoms. The summed E-state index contributed by atoms with van der Waals surface area (Å²) in [5.41, 5.74) is 3.45. The summed E-state index contributed by atoms with van der Waals surface area (Å²) in [6, 6.07) is 16.1. The molecule has 0 fully saturated rings. The van der Waals surface area contributed by atoms with Gasteiger partial charge in [-0.2, -0.15) is 4.91 Å². The van der Waals surface area contributed by atoms with Crippen LogP contribution in [0.3, 0.4) is 0 Å². The Hall–Kier alpha value is -1.81. The van der Waals surface area contributed by atoms with Crippen molar-refractivity contribution in [2.24, 2.45) is 5.18 Å². The summed E-state index contributed by atoms with van der Waals surface area (Å²) in [7, 11) is 0. The first-order chi connectivity index (χ1) is 12.4. The van der Waals surface area contributed by atoms with Gasteiger partial charge in [-0.3, -0.25) is 0 Å². The molecule has 0 radical (unpaired) electrons. The van der Waals surface area contributed by atoms with Gasteiger partial charge in [-0.15, -0.1) is 11.8 Å². The molecule has 2 rings (SSSR count). The number of nitroso groups, excluding NO2 is 1. The lowest BCUT2D eigenvalue weighted by Gasteiger charge is -2.33. The van der Waals surface area contributed by atoms with Crippen LogP contribution < -0.4 is 4.90 Å². The molecule has 1 atom stereocenters. The zero-order chi connectivity index (χ0) is 19.2. The molecule has 0 aliphatic carbocycles. The average molecular weight is 371 g/mol. The first-order valence-corrected chi connectivity index (χ1v) is 10.3. The number of anilines is 1. The molecule has 26 heavy (non-hydrogen) atoms. The minimum absolute atomic E-state index is 0.0606. The SMILES string of the molecule is CCN(CC)c1cccc(C(CSc2ccccc2)N=O)c1C(C)(C)C. The molecule has 0 saturated heterocycles. The van der Waals surface area contributed by atoms with Gasteiger partial charge in [0, 0.05) is 29.4 Å². The minimum atomic E-state index is -0.357. The Morgan fingerprint density at radius 2 is 1.65 bits per heavy atom. The van der Waals surface area contributed by atoms with E-state index in [2.05, 4.69) is 75.0 Å². The van der Waals surface area contributed by atoms with E-state index < -0.39 is 0 Å². The third kappa shape index (κ3) is 4.88. The fourth-order valence-corrected chi connectivity index (χ4v) is 4.29. The van der Waals surface area contributed by atoms with Gasteiger partial charge < -0.3 is 4.90 Å². The van der Waals surface area contributed by atoms with Crippen LogP contribution in [0.1, 0.15) is 51.8 Å². The van der Waals surface area contributed by atoms with E-state index in [1.165, 1.54) is 16.1 Å². The molecule has 140 valence electrons. The number of hydrogen-bond acceptors (Lipinski definition) is 4. The van der Waals surface area contributed by atoms with Crippen LogP contribution in [0.2, 0.25) is 0 Å². The topological polar surface area (TPSA) is 32.7 Å². The average Bonchev–Trinajstić information content (AvgIpc) is 2.63. The van der Waals surface area contributed by atoms with Crippen LogP contribution >= 0.6 is 11.8 Å². The lowest BCUT2D eigenvalue weighted by Crippen LogP contribution is -2.27. The fraction of sp³-hybridized carbons (Fsp3) is 0.455. The number of rotatable bonds is 8. The molecule has 2 aromatic rings. The molecule has 2 aromatic carbocycles. The molecule has 0 amide bonds. The summed E-state index contributed by atoms with van der Waals surface area (Å²) in [5, 5.41) is 3.51. The van der Waals surface area contributed by atoms with Crippen LogP contribution in [0.5, 0.6) is 0 Å². The van der Waals surface area contributed by atoms with Gasteiger partial charge in [-0.1, -0.05) is 56.3 Å². The summed E-state index contributed by atoms with van der Waals surface area (Å²) in [4.78, 5) is 15.3. The van der Waals surface area contributed by atoms with Crippen molar-refractivity contribution in [1.29, 1.82) is 0 Å². The van der Waals surface area contributed by atoms with Crippen molar-refractivity contribution in [3.05, 3.63) is 64.6 Å². The second kappa shape index (κ2) is 9.22. The van der Waals surface area contributed by atoms with Crippen molar-refractivity contribution in [3.63, 3.8) is 0 Å². The maximum atomic E-state index is 11.7. The highest BCUT2D eigenvalue weighted by Gasteiger charge is 2.28. The largest absolute Gasteiger partial charge is 0.372 e. The normalized spacial score (nSPS) is 12.7. The lowest BCUT2D eigenvalue weighted by atomic mass is 9.80. The first kappa shape index (κ1) is 20.5. The predicted molar refractivity (Wildman–Crippen MR) is 114 cm³/mol. The van der Waals surface area contributed by atoms with E-state index >= 15 is 0 Å². The molecule has 0 aliphatic heterocycles. The van der Waals surface area contributed by atoms with Gasteiger partial charge in [0.15, 0.2) is 0 Å². The lowest BCUT2D eigenvalue weighted by molar-refractivity contribution is 0.573.